The molecule has 4 unspecified atom stereocenters. The Morgan fingerprint density at radius 1 is 1.06 bits per heavy atom. The third-order valence-electron chi connectivity index (χ3n) is 11.5. The van der Waals surface area contributed by atoms with Crippen molar-refractivity contribution in [1.29, 1.82) is 0 Å². The first-order valence-corrected chi connectivity index (χ1v) is 16.2. The van der Waals surface area contributed by atoms with Crippen LogP contribution in [0.5, 0.6) is 0 Å². The summed E-state index contributed by atoms with van der Waals surface area (Å²) in [7, 11) is -1.81. The zero-order chi connectivity index (χ0) is 23.9. The molecule has 0 spiro atoms. The quantitative estimate of drug-likeness (QED) is 0.369. The van der Waals surface area contributed by atoms with Gasteiger partial charge in [-0.15, -0.1) is 0 Å². The summed E-state index contributed by atoms with van der Waals surface area (Å²) in [5.74, 6) is 2.36. The fraction of sp³-hybridized carbons (Fsp3) is 0.929. The van der Waals surface area contributed by atoms with Crippen LogP contribution in [-0.2, 0) is 4.43 Å². The molecule has 0 aromatic heterocycles. The molecule has 4 aliphatic carbocycles. The lowest BCUT2D eigenvalue weighted by molar-refractivity contribution is -0.192. The topological polar surface area (TPSA) is 49.7 Å². The molecule has 0 aromatic carbocycles. The van der Waals surface area contributed by atoms with Crippen molar-refractivity contribution in [3.63, 3.8) is 0 Å². The Kier molecular flexibility index (Phi) is 5.98. The second kappa shape index (κ2) is 7.67. The molecular weight excluding hydrogens is 412 g/mol. The molecule has 4 rings (SSSR count). The van der Waals surface area contributed by atoms with Gasteiger partial charge in [0.05, 0.1) is 11.7 Å². The average Bonchev–Trinajstić information content (AvgIpc) is 2.99. The number of aliphatic hydroxyl groups excluding tert-OH is 1. The molecule has 10 atom stereocenters. The summed E-state index contributed by atoms with van der Waals surface area (Å²) in [4.78, 5) is 0. The average molecular weight is 463 g/mol. The predicted molar refractivity (Wildman–Crippen MR) is 135 cm³/mol. The van der Waals surface area contributed by atoms with Gasteiger partial charge in [-0.1, -0.05) is 46.8 Å². The number of fused-ring (bicyclic) bond motifs is 5. The zero-order valence-corrected chi connectivity index (χ0v) is 23.2. The van der Waals surface area contributed by atoms with Crippen LogP contribution in [0.4, 0.5) is 0 Å². The molecule has 0 saturated heterocycles. The van der Waals surface area contributed by atoms with E-state index in [1.54, 1.807) is 0 Å². The summed E-state index contributed by atoms with van der Waals surface area (Å²) in [6.07, 6.45) is 10.8. The van der Waals surface area contributed by atoms with Gasteiger partial charge >= 0.3 is 0 Å². The van der Waals surface area contributed by atoms with Crippen LogP contribution < -0.4 is 0 Å². The van der Waals surface area contributed by atoms with Crippen LogP contribution in [0, 0.1) is 40.4 Å². The molecule has 3 fully saturated rings. The van der Waals surface area contributed by atoms with E-state index in [9.17, 15) is 10.2 Å². The van der Waals surface area contributed by atoms with Gasteiger partial charge in [0.1, 0.15) is 0 Å². The Morgan fingerprint density at radius 3 is 2.34 bits per heavy atom. The minimum Gasteiger partial charge on any atom is -0.414 e. The molecule has 0 aromatic rings. The van der Waals surface area contributed by atoms with Crippen molar-refractivity contribution in [3.05, 3.63) is 12.2 Å². The number of hydrogen-bond acceptors (Lipinski definition) is 3. The van der Waals surface area contributed by atoms with Crippen LogP contribution in [0.3, 0.4) is 0 Å². The van der Waals surface area contributed by atoms with E-state index in [0.29, 0.717) is 29.6 Å². The van der Waals surface area contributed by atoms with Gasteiger partial charge in [-0.2, -0.15) is 0 Å². The Balaban J connectivity index is 1.62. The first-order chi connectivity index (χ1) is 14.5. The second-order valence-electron chi connectivity index (χ2n) is 14.3. The van der Waals surface area contributed by atoms with Gasteiger partial charge in [0.15, 0.2) is 8.32 Å². The molecule has 184 valence electrons. The van der Waals surface area contributed by atoms with Crippen molar-refractivity contribution in [3.8, 4) is 0 Å². The summed E-state index contributed by atoms with van der Waals surface area (Å²) in [5, 5.41) is 22.4. The van der Waals surface area contributed by atoms with E-state index in [4.69, 9.17) is 4.43 Å². The molecule has 4 aliphatic rings. The third-order valence-corrected chi connectivity index (χ3v) is 16.0. The standard InChI is InChI=1S/C28H50O3Si/c1-18(31-32(8,9)25(2,3)4)21-10-11-22-24-23(13-15-27(21,22)6)26(5)14-12-20(29)16-19(26)17-28(24,7)30/h12,14,18-24,29-30H,10-11,13,15-17H2,1-9H3/t18?,19?,20?,21-,22+,23+,24+,26+,27-,28?/m1/s1. The van der Waals surface area contributed by atoms with Gasteiger partial charge in [-0.3, -0.25) is 0 Å². The van der Waals surface area contributed by atoms with Crippen LogP contribution in [0.1, 0.15) is 87.0 Å². The number of allylic oxidation sites excluding steroid dienone is 1. The van der Waals surface area contributed by atoms with E-state index in [1.807, 2.05) is 6.08 Å². The number of hydrogen-bond donors (Lipinski definition) is 2. The van der Waals surface area contributed by atoms with Gasteiger partial charge in [0.2, 0.25) is 0 Å². The summed E-state index contributed by atoms with van der Waals surface area (Å²) in [6.45, 7) is 21.2. The maximum absolute atomic E-state index is 11.9. The lowest BCUT2D eigenvalue weighted by Gasteiger charge is -2.64. The van der Waals surface area contributed by atoms with Crippen LogP contribution in [-0.4, -0.2) is 36.3 Å². The van der Waals surface area contributed by atoms with Crippen molar-refractivity contribution < 1.29 is 14.6 Å². The second-order valence-corrected chi connectivity index (χ2v) is 19.1. The minimum absolute atomic E-state index is 0.106. The number of rotatable bonds is 3. The van der Waals surface area contributed by atoms with Gasteiger partial charge < -0.3 is 14.6 Å². The van der Waals surface area contributed by atoms with Gasteiger partial charge in [0, 0.05) is 6.10 Å². The molecule has 3 nitrogen and oxygen atoms in total. The first-order valence-electron chi connectivity index (χ1n) is 13.3. The zero-order valence-electron chi connectivity index (χ0n) is 22.2. The monoisotopic (exact) mass is 462 g/mol. The van der Waals surface area contributed by atoms with Crippen molar-refractivity contribution in [2.75, 3.05) is 0 Å². The van der Waals surface area contributed by atoms with E-state index in [-0.39, 0.29) is 28.1 Å². The third kappa shape index (κ3) is 3.70. The van der Waals surface area contributed by atoms with E-state index in [2.05, 4.69) is 67.6 Å². The van der Waals surface area contributed by atoms with Gasteiger partial charge in [0.25, 0.3) is 0 Å². The molecule has 0 amide bonds. The molecule has 3 saturated carbocycles. The lowest BCUT2D eigenvalue weighted by atomic mass is 9.42. The fourth-order valence-electron chi connectivity index (χ4n) is 8.68. The molecule has 0 aliphatic heterocycles. The summed E-state index contributed by atoms with van der Waals surface area (Å²) >= 11 is 0. The van der Waals surface area contributed by atoms with E-state index >= 15 is 0 Å². The molecule has 0 radical (unpaired) electrons. The molecule has 4 heteroatoms. The van der Waals surface area contributed by atoms with Gasteiger partial charge in [-0.05, 0) is 111 Å². The van der Waals surface area contributed by atoms with Crippen molar-refractivity contribution in [1.82, 2.24) is 0 Å². The highest BCUT2D eigenvalue weighted by molar-refractivity contribution is 6.74. The Morgan fingerprint density at radius 2 is 1.72 bits per heavy atom. The fourth-order valence-corrected chi connectivity index (χ4v) is 10.1. The van der Waals surface area contributed by atoms with Crippen LogP contribution in [0.25, 0.3) is 0 Å². The van der Waals surface area contributed by atoms with Crippen LogP contribution in [0.15, 0.2) is 12.2 Å². The molecular formula is C28H50O3Si. The SMILES string of the molecule is CC(O[Si](C)(C)C(C)(C)C)[C@H]1CC[C@H]2[C@H]3[C@H](CC[C@]12C)[C@@]1(C)C=CC(O)CC1CC3(C)O. The van der Waals surface area contributed by atoms with Crippen molar-refractivity contribution in [2.45, 2.75) is 123 Å². The smallest absolute Gasteiger partial charge is 0.192 e. The molecule has 0 heterocycles. The normalized spacial score (nSPS) is 49.8. The highest BCUT2D eigenvalue weighted by Gasteiger charge is 2.65. The summed E-state index contributed by atoms with van der Waals surface area (Å²) in [5.41, 5.74) is -0.298. The van der Waals surface area contributed by atoms with E-state index in [0.717, 1.165) is 12.8 Å². The predicted octanol–water partition coefficient (Wildman–Crippen LogP) is 6.55. The maximum Gasteiger partial charge on any atom is 0.192 e. The molecule has 2 N–H and O–H groups in total. The maximum atomic E-state index is 11.9. The molecule has 0 bridgehead atoms. The van der Waals surface area contributed by atoms with Crippen molar-refractivity contribution in [2.24, 2.45) is 40.4 Å². The summed E-state index contributed by atoms with van der Waals surface area (Å²) in [6, 6.07) is 0. The Labute approximate surface area is 198 Å². The number of aliphatic hydroxyl groups is 2. The minimum atomic E-state index is -1.81. The van der Waals surface area contributed by atoms with E-state index in [1.165, 1.54) is 25.7 Å². The van der Waals surface area contributed by atoms with Crippen molar-refractivity contribution >= 4 is 8.32 Å². The first kappa shape index (κ1) is 24.9. The van der Waals surface area contributed by atoms with Crippen LogP contribution >= 0.6 is 0 Å². The Bertz CT molecular complexity index is 752. The summed E-state index contributed by atoms with van der Waals surface area (Å²) < 4.78 is 6.94. The van der Waals surface area contributed by atoms with Gasteiger partial charge in [-0.25, -0.2) is 0 Å². The van der Waals surface area contributed by atoms with Crippen LogP contribution in [0.2, 0.25) is 18.1 Å². The highest BCUT2D eigenvalue weighted by atomic mass is 28.4. The largest absolute Gasteiger partial charge is 0.414 e. The molecule has 32 heavy (non-hydrogen) atoms. The Hall–Kier alpha value is -0.163. The van der Waals surface area contributed by atoms with E-state index < -0.39 is 13.9 Å². The highest BCUT2D eigenvalue weighted by Crippen LogP contribution is 2.69. The lowest BCUT2D eigenvalue weighted by Crippen LogP contribution is -2.62.